The third-order valence-electron chi connectivity index (χ3n) is 6.59. The zero-order valence-electron chi connectivity index (χ0n) is 18.8. The Hall–Kier alpha value is -2.15. The second-order valence-electron chi connectivity index (χ2n) is 8.87. The number of fused-ring (bicyclic) bond motifs is 1. The van der Waals surface area contributed by atoms with Crippen LogP contribution in [0.4, 0.5) is 0 Å². The van der Waals surface area contributed by atoms with E-state index in [0.29, 0.717) is 19.0 Å². The zero-order chi connectivity index (χ0) is 22.1. The summed E-state index contributed by atoms with van der Waals surface area (Å²) in [4.78, 5) is 37.4. The molecule has 0 radical (unpaired) electrons. The summed E-state index contributed by atoms with van der Waals surface area (Å²) in [5.74, 6) is -0.146. The molecule has 0 atom stereocenters. The van der Waals surface area contributed by atoms with Crippen LogP contribution < -0.4 is 16.2 Å². The van der Waals surface area contributed by atoms with E-state index in [2.05, 4.69) is 15.4 Å². The van der Waals surface area contributed by atoms with Crippen LogP contribution in [0, 0.1) is 5.92 Å². The highest BCUT2D eigenvalue weighted by Gasteiger charge is 2.23. The molecule has 1 amide bonds. The van der Waals surface area contributed by atoms with Crippen LogP contribution in [0.5, 0.6) is 0 Å². The first-order valence-corrected chi connectivity index (χ1v) is 11.9. The Kier molecular flexibility index (Phi) is 9.13. The molecule has 7 nitrogen and oxygen atoms in total. The van der Waals surface area contributed by atoms with Gasteiger partial charge in [-0.3, -0.25) is 14.4 Å². The first-order valence-electron chi connectivity index (χ1n) is 11.9. The van der Waals surface area contributed by atoms with E-state index < -0.39 is 0 Å². The number of nitrogens with zero attached hydrogens (tertiary/aromatic N) is 1. The summed E-state index contributed by atoms with van der Waals surface area (Å²) in [6.07, 6.45) is 12.6. The summed E-state index contributed by atoms with van der Waals surface area (Å²) >= 11 is 0. The van der Waals surface area contributed by atoms with Crippen molar-refractivity contribution in [1.29, 1.82) is 0 Å². The molecule has 172 valence electrons. The van der Waals surface area contributed by atoms with Crippen LogP contribution in [-0.2, 0) is 28.9 Å². The number of aromatic nitrogens is 1. The molecule has 31 heavy (non-hydrogen) atoms. The highest BCUT2D eigenvalue weighted by atomic mass is 16.5. The molecule has 1 aromatic heterocycles. The van der Waals surface area contributed by atoms with Gasteiger partial charge in [0.2, 0.25) is 0 Å². The molecule has 3 rings (SSSR count). The van der Waals surface area contributed by atoms with E-state index in [-0.39, 0.29) is 29.5 Å². The van der Waals surface area contributed by atoms with Crippen molar-refractivity contribution < 1.29 is 14.3 Å². The van der Waals surface area contributed by atoms with Crippen LogP contribution in [0.25, 0.3) is 0 Å². The Morgan fingerprint density at radius 2 is 1.74 bits per heavy atom. The van der Waals surface area contributed by atoms with Crippen molar-refractivity contribution in [2.45, 2.75) is 77.2 Å². The average Bonchev–Trinajstić information content (AvgIpc) is 2.76. The van der Waals surface area contributed by atoms with Crippen LogP contribution in [-0.4, -0.2) is 43.2 Å². The van der Waals surface area contributed by atoms with Crippen LogP contribution in [0.15, 0.2) is 10.9 Å². The minimum absolute atomic E-state index is 0.0966. The summed E-state index contributed by atoms with van der Waals surface area (Å²) < 4.78 is 6.52. The van der Waals surface area contributed by atoms with Crippen molar-refractivity contribution in [1.82, 2.24) is 15.2 Å². The second kappa shape index (κ2) is 12.0. The molecule has 2 aliphatic rings. The second-order valence-corrected chi connectivity index (χ2v) is 8.87. The molecule has 2 N–H and O–H groups in total. The Bertz CT molecular complexity index is 812. The van der Waals surface area contributed by atoms with E-state index in [1.54, 1.807) is 0 Å². The highest BCUT2D eigenvalue weighted by Crippen LogP contribution is 2.27. The first-order chi connectivity index (χ1) is 15.1. The molecule has 0 spiro atoms. The molecule has 7 heteroatoms. The number of aryl methyl sites for hydroxylation is 1. The number of hydrogen-bond acceptors (Lipinski definition) is 5. The van der Waals surface area contributed by atoms with Crippen LogP contribution >= 0.6 is 0 Å². The Morgan fingerprint density at radius 3 is 2.48 bits per heavy atom. The van der Waals surface area contributed by atoms with Gasteiger partial charge in [-0.1, -0.05) is 32.1 Å². The van der Waals surface area contributed by atoms with Gasteiger partial charge in [0.25, 0.3) is 11.5 Å². The molecular weight excluding hydrogens is 394 g/mol. The van der Waals surface area contributed by atoms with Gasteiger partial charge in [-0.2, -0.15) is 0 Å². The molecule has 1 aromatic rings. The Morgan fingerprint density at radius 1 is 1.03 bits per heavy atom. The third kappa shape index (κ3) is 6.66. The van der Waals surface area contributed by atoms with E-state index in [0.717, 1.165) is 37.9 Å². The van der Waals surface area contributed by atoms with Gasteiger partial charge in [0, 0.05) is 25.3 Å². The van der Waals surface area contributed by atoms with Crippen LogP contribution in [0.1, 0.15) is 79.4 Å². The molecule has 1 saturated carbocycles. The lowest BCUT2D eigenvalue weighted by atomic mass is 9.88. The van der Waals surface area contributed by atoms with Crippen molar-refractivity contribution in [2.75, 3.05) is 26.7 Å². The lowest BCUT2D eigenvalue weighted by molar-refractivity contribution is -0.139. The predicted molar refractivity (Wildman–Crippen MR) is 120 cm³/mol. The van der Waals surface area contributed by atoms with Crippen molar-refractivity contribution in [3.63, 3.8) is 0 Å². The van der Waals surface area contributed by atoms with Gasteiger partial charge in [0.1, 0.15) is 5.56 Å². The van der Waals surface area contributed by atoms with E-state index in [9.17, 15) is 14.4 Å². The number of ether oxygens (including phenoxy) is 1. The number of esters is 1. The number of nitrogens with one attached hydrogen (secondary N) is 2. The smallest absolute Gasteiger partial charge is 0.319 e. The molecular formula is C24H37N3O4. The number of pyridine rings is 1. The van der Waals surface area contributed by atoms with Gasteiger partial charge in [0.15, 0.2) is 0 Å². The predicted octanol–water partition coefficient (Wildman–Crippen LogP) is 2.58. The third-order valence-corrected chi connectivity index (χ3v) is 6.59. The van der Waals surface area contributed by atoms with E-state index in [1.165, 1.54) is 57.6 Å². The summed E-state index contributed by atoms with van der Waals surface area (Å²) in [5, 5.41) is 5.75. The van der Waals surface area contributed by atoms with E-state index >= 15 is 0 Å². The van der Waals surface area contributed by atoms with Gasteiger partial charge in [-0.25, -0.2) is 0 Å². The molecule has 0 aliphatic heterocycles. The molecule has 0 aromatic carbocycles. The Balaban J connectivity index is 1.76. The summed E-state index contributed by atoms with van der Waals surface area (Å²) in [6.45, 7) is 1.61. The van der Waals surface area contributed by atoms with Crippen molar-refractivity contribution >= 4 is 11.9 Å². The number of rotatable bonds is 8. The molecule has 2 aliphatic carbocycles. The number of methoxy groups -OCH3 is 1. The fraction of sp³-hybridized carbons (Fsp3) is 0.708. The van der Waals surface area contributed by atoms with Crippen LogP contribution in [0.2, 0.25) is 0 Å². The Labute approximate surface area is 184 Å². The quantitative estimate of drug-likeness (QED) is 0.488. The normalized spacial score (nSPS) is 17.3. The maximum Gasteiger partial charge on any atom is 0.319 e. The van der Waals surface area contributed by atoms with Gasteiger partial charge in [-0.15, -0.1) is 0 Å². The van der Waals surface area contributed by atoms with Gasteiger partial charge < -0.3 is 19.9 Å². The summed E-state index contributed by atoms with van der Waals surface area (Å²) in [5.41, 5.74) is 2.43. The zero-order valence-corrected chi connectivity index (χ0v) is 18.8. The average molecular weight is 432 g/mol. The highest BCUT2D eigenvalue weighted by molar-refractivity contribution is 5.94. The van der Waals surface area contributed by atoms with Gasteiger partial charge >= 0.3 is 5.97 Å². The van der Waals surface area contributed by atoms with Gasteiger partial charge in [0.05, 0.1) is 13.7 Å². The van der Waals surface area contributed by atoms with E-state index in [1.807, 2.05) is 10.6 Å². The molecule has 1 fully saturated rings. The first kappa shape index (κ1) is 23.5. The SMILES string of the molecule is COC(=O)CNCCNC(=O)c1cc2c(n(CC3CCCCC3)c1=O)CCCCCC2. The fourth-order valence-corrected chi connectivity index (χ4v) is 4.84. The number of carbonyl (C=O) groups is 2. The van der Waals surface area contributed by atoms with Crippen LogP contribution in [0.3, 0.4) is 0 Å². The molecule has 0 bridgehead atoms. The topological polar surface area (TPSA) is 89.4 Å². The lowest BCUT2D eigenvalue weighted by Gasteiger charge is -2.26. The molecule has 0 saturated heterocycles. The van der Waals surface area contributed by atoms with Crippen molar-refractivity contribution in [3.8, 4) is 0 Å². The minimum atomic E-state index is -0.349. The van der Waals surface area contributed by atoms with Crippen molar-refractivity contribution in [2.24, 2.45) is 5.92 Å². The number of carbonyl (C=O) groups excluding carboxylic acids is 2. The fourth-order valence-electron chi connectivity index (χ4n) is 4.84. The van der Waals surface area contributed by atoms with E-state index in [4.69, 9.17) is 0 Å². The molecule has 1 heterocycles. The summed E-state index contributed by atoms with van der Waals surface area (Å²) in [6, 6.07) is 1.84. The summed E-state index contributed by atoms with van der Waals surface area (Å²) in [7, 11) is 1.34. The largest absolute Gasteiger partial charge is 0.468 e. The number of hydrogen-bond donors (Lipinski definition) is 2. The van der Waals surface area contributed by atoms with Gasteiger partial charge in [-0.05, 0) is 56.1 Å². The standard InChI is InChI=1S/C24H37N3O4/c1-31-22(28)16-25-13-14-26-23(29)20-15-19-11-7-2-3-8-12-21(19)27(24(20)30)17-18-9-5-4-6-10-18/h15,18,25H,2-14,16-17H2,1H3,(H,26,29). The minimum Gasteiger partial charge on any atom is -0.468 e. The maximum atomic E-state index is 13.4. The monoisotopic (exact) mass is 431 g/mol. The lowest BCUT2D eigenvalue weighted by Crippen LogP contribution is -2.39. The molecule has 0 unspecified atom stereocenters. The number of amides is 1. The maximum absolute atomic E-state index is 13.4. The van der Waals surface area contributed by atoms with Crippen molar-refractivity contribution in [3.05, 3.63) is 33.2 Å².